The van der Waals surface area contributed by atoms with Crippen LogP contribution in [0.1, 0.15) is 35.7 Å². The number of rotatable bonds is 7. The normalized spacial score (nSPS) is 23.3. The van der Waals surface area contributed by atoms with Crippen molar-refractivity contribution < 1.29 is 19.1 Å². The molecule has 2 fully saturated rings. The van der Waals surface area contributed by atoms with Gasteiger partial charge in [-0.25, -0.2) is 4.90 Å². The van der Waals surface area contributed by atoms with Crippen LogP contribution < -0.4 is 14.5 Å². The molecule has 3 aliphatic heterocycles. The number of carbonyl (C=O) groups excluding carboxylic acids is 3. The molecule has 3 aromatic carbocycles. The van der Waals surface area contributed by atoms with Gasteiger partial charge in [0, 0.05) is 15.7 Å². The van der Waals surface area contributed by atoms with E-state index in [0.717, 1.165) is 28.6 Å². The van der Waals surface area contributed by atoms with E-state index in [1.54, 1.807) is 36.4 Å². The fourth-order valence-corrected chi connectivity index (χ4v) is 6.14. The van der Waals surface area contributed by atoms with Crippen molar-refractivity contribution in [2.75, 3.05) is 16.4 Å². The third-order valence-electron chi connectivity index (χ3n) is 7.67. The van der Waals surface area contributed by atoms with Crippen LogP contribution in [0.25, 0.3) is 6.08 Å². The van der Waals surface area contributed by atoms with Crippen LogP contribution in [-0.2, 0) is 9.59 Å². The Morgan fingerprint density at radius 2 is 1.63 bits per heavy atom. The van der Waals surface area contributed by atoms with Crippen molar-refractivity contribution >= 4 is 51.0 Å². The number of anilines is 2. The average molecular weight is 571 g/mol. The topological polar surface area (TPSA) is 66.9 Å². The summed E-state index contributed by atoms with van der Waals surface area (Å²) in [7, 11) is 0. The van der Waals surface area contributed by atoms with Gasteiger partial charge in [-0.1, -0.05) is 71.8 Å². The summed E-state index contributed by atoms with van der Waals surface area (Å²) in [4.78, 5) is 45.2. The number of amides is 2. The largest absolute Gasteiger partial charge is 0.494 e. The van der Waals surface area contributed by atoms with Gasteiger partial charge in [0.15, 0.2) is 5.78 Å². The molecule has 0 saturated carbocycles. The van der Waals surface area contributed by atoms with E-state index in [-0.39, 0.29) is 17.6 Å². The van der Waals surface area contributed by atoms with Gasteiger partial charge in [0.25, 0.3) is 0 Å². The molecule has 192 valence electrons. The lowest BCUT2D eigenvalue weighted by atomic mass is 9.86. The number of carbonyl (C=O) groups is 3. The highest BCUT2D eigenvalue weighted by atomic mass is 79.9. The lowest BCUT2D eigenvalue weighted by Gasteiger charge is -2.36. The van der Waals surface area contributed by atoms with Crippen LogP contribution >= 0.6 is 15.9 Å². The molecule has 4 atom stereocenters. The monoisotopic (exact) mass is 570 g/mol. The maximum atomic E-state index is 14.1. The minimum absolute atomic E-state index is 0.164. The molecule has 3 heterocycles. The van der Waals surface area contributed by atoms with Crippen LogP contribution in [0, 0.1) is 11.8 Å². The van der Waals surface area contributed by atoms with Gasteiger partial charge in [0.2, 0.25) is 11.8 Å². The summed E-state index contributed by atoms with van der Waals surface area (Å²) in [6, 6.07) is 20.8. The first-order valence-corrected chi connectivity index (χ1v) is 13.7. The SMILES string of the molecule is CCCCOc1ccc(N2C(=O)[C@@H]3[C@H](C2=O)[C@@H](C(=O)c2ccc(Br)cc2)N2c4ccccc4C=C[C@@H]32)cc1. The Hall–Kier alpha value is -3.71. The summed E-state index contributed by atoms with van der Waals surface area (Å²) < 4.78 is 6.61. The first-order valence-electron chi connectivity index (χ1n) is 13.0. The van der Waals surface area contributed by atoms with Crippen molar-refractivity contribution in [2.45, 2.75) is 31.8 Å². The molecule has 3 aliphatic rings. The summed E-state index contributed by atoms with van der Waals surface area (Å²) in [5, 5.41) is 0. The van der Waals surface area contributed by atoms with Crippen LogP contribution in [-0.4, -0.2) is 36.3 Å². The van der Waals surface area contributed by atoms with Gasteiger partial charge in [-0.3, -0.25) is 14.4 Å². The second kappa shape index (κ2) is 9.87. The Morgan fingerprint density at radius 1 is 0.921 bits per heavy atom. The van der Waals surface area contributed by atoms with Crippen LogP contribution in [0.5, 0.6) is 5.75 Å². The van der Waals surface area contributed by atoms with Crippen LogP contribution in [0.3, 0.4) is 0 Å². The molecule has 6 nitrogen and oxygen atoms in total. The van der Waals surface area contributed by atoms with Gasteiger partial charge in [-0.05, 0) is 54.4 Å². The number of para-hydroxylation sites is 1. The van der Waals surface area contributed by atoms with Crippen LogP contribution in [0.4, 0.5) is 11.4 Å². The fraction of sp³-hybridized carbons (Fsp3) is 0.258. The van der Waals surface area contributed by atoms with E-state index >= 15 is 0 Å². The average Bonchev–Trinajstić information content (AvgIpc) is 3.42. The minimum Gasteiger partial charge on any atom is -0.494 e. The standard InChI is InChI=1S/C31H27BrN2O4/c1-2-3-18-38-23-15-13-22(14-16-23)33-30(36)26-25-17-10-19-6-4-5-7-24(19)34(25)28(27(26)31(33)37)29(35)20-8-11-21(32)12-9-20/h4-17,25-28H,2-3,18H2,1H3/t25-,26-,27-,28-/m0/s1. The van der Waals surface area contributed by atoms with E-state index in [0.29, 0.717) is 23.6 Å². The summed E-state index contributed by atoms with van der Waals surface area (Å²) >= 11 is 3.43. The molecule has 7 heteroatoms. The van der Waals surface area contributed by atoms with Crippen molar-refractivity contribution in [3.8, 4) is 5.75 Å². The number of nitrogens with zero attached hydrogens (tertiary/aromatic N) is 2. The van der Waals surface area contributed by atoms with Gasteiger partial charge >= 0.3 is 0 Å². The summed E-state index contributed by atoms with van der Waals surface area (Å²) in [5.74, 6) is -1.53. The maximum absolute atomic E-state index is 14.1. The quantitative estimate of drug-likeness (QED) is 0.201. The molecular formula is C31H27BrN2O4. The molecule has 0 spiro atoms. The zero-order valence-corrected chi connectivity index (χ0v) is 22.5. The van der Waals surface area contributed by atoms with E-state index in [2.05, 4.69) is 22.9 Å². The van der Waals surface area contributed by atoms with Gasteiger partial charge in [-0.2, -0.15) is 0 Å². The second-order valence-corrected chi connectivity index (χ2v) is 10.8. The Bertz CT molecular complexity index is 1430. The number of halogens is 1. The molecule has 38 heavy (non-hydrogen) atoms. The third-order valence-corrected chi connectivity index (χ3v) is 8.20. The first-order chi connectivity index (χ1) is 18.5. The fourth-order valence-electron chi connectivity index (χ4n) is 5.88. The maximum Gasteiger partial charge on any atom is 0.240 e. The van der Waals surface area contributed by atoms with Crippen LogP contribution in [0.15, 0.2) is 83.3 Å². The predicted octanol–water partition coefficient (Wildman–Crippen LogP) is 5.90. The molecule has 2 amide bonds. The zero-order chi connectivity index (χ0) is 26.4. The number of benzene rings is 3. The highest BCUT2D eigenvalue weighted by molar-refractivity contribution is 9.10. The number of ether oxygens (including phenoxy) is 1. The lowest BCUT2D eigenvalue weighted by Crippen LogP contribution is -2.48. The zero-order valence-electron chi connectivity index (χ0n) is 20.9. The number of hydrogen-bond acceptors (Lipinski definition) is 5. The lowest BCUT2D eigenvalue weighted by molar-refractivity contribution is -0.122. The van der Waals surface area contributed by atoms with Gasteiger partial charge in [-0.15, -0.1) is 0 Å². The highest BCUT2D eigenvalue weighted by Gasteiger charge is 2.64. The van der Waals surface area contributed by atoms with E-state index in [4.69, 9.17) is 4.74 Å². The summed E-state index contributed by atoms with van der Waals surface area (Å²) in [5.41, 5.74) is 2.84. The molecule has 6 rings (SSSR count). The number of imide groups is 1. The Kier molecular flexibility index (Phi) is 6.40. The predicted molar refractivity (Wildman–Crippen MR) is 150 cm³/mol. The molecule has 0 aliphatic carbocycles. The number of fused-ring (bicyclic) bond motifs is 5. The van der Waals surface area contributed by atoms with Crippen molar-refractivity contribution in [3.63, 3.8) is 0 Å². The summed E-state index contributed by atoms with van der Waals surface area (Å²) in [6.45, 7) is 2.72. The second-order valence-electron chi connectivity index (χ2n) is 9.89. The molecule has 0 N–H and O–H groups in total. The molecule has 2 saturated heterocycles. The van der Waals surface area contributed by atoms with E-state index in [1.807, 2.05) is 53.5 Å². The van der Waals surface area contributed by atoms with E-state index in [9.17, 15) is 14.4 Å². The smallest absolute Gasteiger partial charge is 0.240 e. The minimum atomic E-state index is -0.796. The Labute approximate surface area is 230 Å². The van der Waals surface area contributed by atoms with Crippen LogP contribution in [0.2, 0.25) is 0 Å². The van der Waals surface area contributed by atoms with Gasteiger partial charge in [0.1, 0.15) is 11.8 Å². The van der Waals surface area contributed by atoms with Gasteiger partial charge in [0.05, 0.1) is 30.2 Å². The molecule has 0 bridgehead atoms. The van der Waals surface area contributed by atoms with Crippen molar-refractivity contribution in [1.29, 1.82) is 0 Å². The van der Waals surface area contributed by atoms with E-state index in [1.165, 1.54) is 4.90 Å². The van der Waals surface area contributed by atoms with Crippen molar-refractivity contribution in [2.24, 2.45) is 11.8 Å². The third kappa shape index (κ3) is 3.97. The number of unbranched alkanes of at least 4 members (excludes halogenated alkanes) is 1. The van der Waals surface area contributed by atoms with Crippen molar-refractivity contribution in [3.05, 3.63) is 94.5 Å². The molecule has 3 aromatic rings. The van der Waals surface area contributed by atoms with Crippen molar-refractivity contribution in [1.82, 2.24) is 0 Å². The Balaban J connectivity index is 1.38. The molecule has 0 unspecified atom stereocenters. The molecular weight excluding hydrogens is 544 g/mol. The number of Topliss-reactive ketones (excluding diaryl/α,β-unsaturated/α-hetero) is 1. The molecule has 0 radical (unpaired) electrons. The van der Waals surface area contributed by atoms with E-state index < -0.39 is 23.9 Å². The first kappa shape index (κ1) is 24.6. The highest BCUT2D eigenvalue weighted by Crippen LogP contribution is 2.49. The number of ketones is 1. The number of hydrogen-bond donors (Lipinski definition) is 0. The Morgan fingerprint density at radius 3 is 2.37 bits per heavy atom. The molecule has 0 aromatic heterocycles. The van der Waals surface area contributed by atoms with Gasteiger partial charge < -0.3 is 9.64 Å². The summed E-state index contributed by atoms with van der Waals surface area (Å²) in [6.07, 6.45) is 5.95.